The molecule has 1 aromatic carbocycles. The second-order valence-corrected chi connectivity index (χ2v) is 4.22. The van der Waals surface area contributed by atoms with Crippen LogP contribution in [0, 0.1) is 5.92 Å². The number of anilines is 1. The number of para-hydroxylation sites is 1. The zero-order valence-electron chi connectivity index (χ0n) is 10.2. The van der Waals surface area contributed by atoms with Crippen molar-refractivity contribution in [1.29, 1.82) is 0 Å². The molecule has 18 heavy (non-hydrogen) atoms. The lowest BCUT2D eigenvalue weighted by atomic mass is 10.1. The monoisotopic (exact) mass is 248 g/mol. The average Bonchev–Trinajstić information content (AvgIpc) is 2.92. The Hall–Kier alpha value is -1.88. The fourth-order valence-corrected chi connectivity index (χ4v) is 1.99. The molecule has 0 radical (unpaired) electrons. The van der Waals surface area contributed by atoms with E-state index in [1.807, 2.05) is 0 Å². The van der Waals surface area contributed by atoms with Crippen molar-refractivity contribution < 1.29 is 14.3 Å². The minimum absolute atomic E-state index is 0.0318. The number of carbonyl (C=O) groups is 2. The van der Waals surface area contributed by atoms with Crippen molar-refractivity contribution in [2.24, 2.45) is 5.92 Å². The van der Waals surface area contributed by atoms with Crippen molar-refractivity contribution in [2.75, 3.05) is 25.5 Å². The predicted molar refractivity (Wildman–Crippen MR) is 67.4 cm³/mol. The van der Waals surface area contributed by atoms with E-state index in [0.717, 1.165) is 13.0 Å². The molecule has 0 aliphatic carbocycles. The van der Waals surface area contributed by atoms with Crippen molar-refractivity contribution in [3.63, 3.8) is 0 Å². The smallest absolute Gasteiger partial charge is 0.339 e. The number of hydrogen-bond acceptors (Lipinski definition) is 4. The van der Waals surface area contributed by atoms with Gasteiger partial charge in [-0.15, -0.1) is 0 Å². The van der Waals surface area contributed by atoms with Gasteiger partial charge in [0.05, 0.1) is 24.3 Å². The highest BCUT2D eigenvalue weighted by Gasteiger charge is 2.23. The Morgan fingerprint density at radius 3 is 2.83 bits per heavy atom. The van der Waals surface area contributed by atoms with Crippen LogP contribution in [-0.4, -0.2) is 32.1 Å². The molecule has 96 valence electrons. The molecule has 1 atom stereocenters. The van der Waals surface area contributed by atoms with Crippen LogP contribution in [0.5, 0.6) is 0 Å². The molecule has 5 nitrogen and oxygen atoms in total. The number of carbonyl (C=O) groups excluding carboxylic acids is 2. The van der Waals surface area contributed by atoms with E-state index in [4.69, 9.17) is 0 Å². The van der Waals surface area contributed by atoms with Gasteiger partial charge in [-0.05, 0) is 25.1 Å². The van der Waals surface area contributed by atoms with E-state index in [2.05, 4.69) is 15.4 Å². The van der Waals surface area contributed by atoms with Gasteiger partial charge in [-0.3, -0.25) is 4.79 Å². The van der Waals surface area contributed by atoms with Gasteiger partial charge in [-0.2, -0.15) is 0 Å². The maximum absolute atomic E-state index is 12.0. The first-order chi connectivity index (χ1) is 8.72. The van der Waals surface area contributed by atoms with E-state index in [1.54, 1.807) is 24.3 Å². The maximum atomic E-state index is 12.0. The fraction of sp³-hybridized carbons (Fsp3) is 0.385. The summed E-state index contributed by atoms with van der Waals surface area (Å²) in [5, 5.41) is 5.92. The summed E-state index contributed by atoms with van der Waals surface area (Å²) in [4.78, 5) is 23.5. The van der Waals surface area contributed by atoms with E-state index < -0.39 is 5.97 Å². The molecule has 5 heteroatoms. The highest BCUT2D eigenvalue weighted by molar-refractivity contribution is 6.01. The summed E-state index contributed by atoms with van der Waals surface area (Å²) in [6.07, 6.45) is 0.826. The third kappa shape index (κ3) is 2.68. The van der Waals surface area contributed by atoms with E-state index in [0.29, 0.717) is 17.8 Å². The van der Waals surface area contributed by atoms with Crippen LogP contribution in [0.2, 0.25) is 0 Å². The lowest BCUT2D eigenvalue weighted by Crippen LogP contribution is -2.25. The molecule has 0 aromatic heterocycles. The molecule has 1 amide bonds. The molecular formula is C13H16N2O3. The predicted octanol–water partition coefficient (Wildman–Crippen LogP) is 1.02. The van der Waals surface area contributed by atoms with Crippen molar-refractivity contribution in [3.8, 4) is 0 Å². The van der Waals surface area contributed by atoms with Gasteiger partial charge in [0.2, 0.25) is 5.91 Å². The van der Waals surface area contributed by atoms with E-state index in [1.165, 1.54) is 7.11 Å². The highest BCUT2D eigenvalue weighted by atomic mass is 16.5. The lowest BCUT2D eigenvalue weighted by Gasteiger charge is -2.12. The molecule has 1 aromatic rings. The minimum atomic E-state index is -0.449. The standard InChI is InChI=1S/C13H16N2O3/c1-18-13(17)10-4-2-3-5-11(10)15-12(16)9-6-7-14-8-9/h2-5,9,14H,6-8H2,1H3,(H,15,16). The van der Waals surface area contributed by atoms with Crippen molar-refractivity contribution in [1.82, 2.24) is 5.32 Å². The Balaban J connectivity index is 2.13. The van der Waals surface area contributed by atoms with Gasteiger partial charge in [-0.1, -0.05) is 12.1 Å². The van der Waals surface area contributed by atoms with Crippen LogP contribution < -0.4 is 10.6 Å². The number of nitrogens with one attached hydrogen (secondary N) is 2. The summed E-state index contributed by atoms with van der Waals surface area (Å²) in [7, 11) is 1.32. The van der Waals surface area contributed by atoms with Crippen LogP contribution >= 0.6 is 0 Å². The zero-order valence-corrected chi connectivity index (χ0v) is 10.2. The molecular weight excluding hydrogens is 232 g/mol. The summed E-state index contributed by atoms with van der Waals surface area (Å²) < 4.78 is 4.68. The Morgan fingerprint density at radius 2 is 2.17 bits per heavy atom. The normalized spacial score (nSPS) is 18.4. The van der Waals surface area contributed by atoms with E-state index in [-0.39, 0.29) is 11.8 Å². The first kappa shape index (κ1) is 12.6. The largest absolute Gasteiger partial charge is 0.465 e. The summed E-state index contributed by atoms with van der Waals surface area (Å²) in [5.41, 5.74) is 0.876. The third-order valence-electron chi connectivity index (χ3n) is 3.02. The molecule has 1 unspecified atom stereocenters. The first-order valence-electron chi connectivity index (χ1n) is 5.91. The maximum Gasteiger partial charge on any atom is 0.339 e. The van der Waals surface area contributed by atoms with Crippen LogP contribution in [0.1, 0.15) is 16.8 Å². The summed E-state index contributed by atoms with van der Waals surface area (Å²) in [6.45, 7) is 1.54. The topological polar surface area (TPSA) is 67.4 Å². The molecule has 1 saturated heterocycles. The Bertz CT molecular complexity index is 453. The third-order valence-corrected chi connectivity index (χ3v) is 3.02. The average molecular weight is 248 g/mol. The quantitative estimate of drug-likeness (QED) is 0.784. The molecule has 1 heterocycles. The molecule has 0 spiro atoms. The molecule has 1 fully saturated rings. The first-order valence-corrected chi connectivity index (χ1v) is 5.91. The Morgan fingerprint density at radius 1 is 1.39 bits per heavy atom. The van der Waals surface area contributed by atoms with E-state index in [9.17, 15) is 9.59 Å². The Labute approximate surface area is 106 Å². The Kier molecular flexibility index (Phi) is 3.94. The highest BCUT2D eigenvalue weighted by Crippen LogP contribution is 2.18. The van der Waals surface area contributed by atoms with Gasteiger partial charge < -0.3 is 15.4 Å². The lowest BCUT2D eigenvalue weighted by molar-refractivity contribution is -0.119. The summed E-state index contributed by atoms with van der Waals surface area (Å²) in [6, 6.07) is 6.84. The van der Waals surface area contributed by atoms with Gasteiger partial charge >= 0.3 is 5.97 Å². The zero-order chi connectivity index (χ0) is 13.0. The number of hydrogen-bond donors (Lipinski definition) is 2. The second kappa shape index (κ2) is 5.64. The number of ether oxygens (including phenoxy) is 1. The number of amides is 1. The van der Waals surface area contributed by atoms with Gasteiger partial charge in [0.15, 0.2) is 0 Å². The summed E-state index contributed by atoms with van der Waals surface area (Å²) in [5.74, 6) is -0.539. The fourth-order valence-electron chi connectivity index (χ4n) is 1.99. The van der Waals surface area contributed by atoms with Gasteiger partial charge in [0, 0.05) is 6.54 Å². The van der Waals surface area contributed by atoms with Crippen LogP contribution in [0.3, 0.4) is 0 Å². The molecule has 0 bridgehead atoms. The van der Waals surface area contributed by atoms with Crippen LogP contribution in [0.25, 0.3) is 0 Å². The van der Waals surface area contributed by atoms with Crippen LogP contribution in [0.15, 0.2) is 24.3 Å². The van der Waals surface area contributed by atoms with E-state index >= 15 is 0 Å². The number of methoxy groups -OCH3 is 1. The molecule has 0 saturated carbocycles. The number of esters is 1. The number of benzene rings is 1. The van der Waals surface area contributed by atoms with Gasteiger partial charge in [0.1, 0.15) is 0 Å². The van der Waals surface area contributed by atoms with Crippen molar-refractivity contribution in [3.05, 3.63) is 29.8 Å². The van der Waals surface area contributed by atoms with Crippen molar-refractivity contribution >= 4 is 17.6 Å². The van der Waals surface area contributed by atoms with Crippen molar-refractivity contribution in [2.45, 2.75) is 6.42 Å². The molecule has 1 aliphatic rings. The number of rotatable bonds is 3. The minimum Gasteiger partial charge on any atom is -0.465 e. The summed E-state index contributed by atoms with van der Waals surface area (Å²) >= 11 is 0. The van der Waals surface area contributed by atoms with Crippen LogP contribution in [-0.2, 0) is 9.53 Å². The molecule has 1 aliphatic heterocycles. The molecule has 2 N–H and O–H groups in total. The van der Waals surface area contributed by atoms with Gasteiger partial charge in [0.25, 0.3) is 0 Å². The van der Waals surface area contributed by atoms with Crippen LogP contribution in [0.4, 0.5) is 5.69 Å². The SMILES string of the molecule is COC(=O)c1ccccc1NC(=O)C1CCNC1. The second-order valence-electron chi connectivity index (χ2n) is 4.22. The van der Waals surface area contributed by atoms with Gasteiger partial charge in [-0.25, -0.2) is 4.79 Å². The molecule has 2 rings (SSSR count).